The Morgan fingerprint density at radius 2 is 2.00 bits per heavy atom. The van der Waals surface area contributed by atoms with Gasteiger partial charge in [0.2, 0.25) is 10.0 Å². The molecule has 5 heteroatoms. The zero-order valence-corrected chi connectivity index (χ0v) is 9.96. The molecule has 0 aliphatic carbocycles. The molecule has 1 atom stereocenters. The van der Waals surface area contributed by atoms with E-state index in [2.05, 4.69) is 4.72 Å². The average Bonchev–Trinajstić information content (AvgIpc) is 2.70. The average molecular weight is 241 g/mol. The lowest BCUT2D eigenvalue weighted by molar-refractivity contribution is 0.103. The van der Waals surface area contributed by atoms with E-state index < -0.39 is 10.0 Å². The van der Waals surface area contributed by atoms with Crippen molar-refractivity contribution < 1.29 is 13.2 Å². The van der Waals surface area contributed by atoms with Crippen molar-refractivity contribution in [2.75, 3.05) is 6.61 Å². The van der Waals surface area contributed by atoms with Crippen molar-refractivity contribution in [3.8, 4) is 0 Å². The summed E-state index contributed by atoms with van der Waals surface area (Å²) in [6.07, 6.45) is 1.28. The Hall–Kier alpha value is -0.910. The Balaban J connectivity index is 2.14. The molecule has 1 aromatic carbocycles. The molecule has 0 aromatic heterocycles. The third-order valence-electron chi connectivity index (χ3n) is 2.55. The van der Waals surface area contributed by atoms with Crippen LogP contribution in [0.15, 0.2) is 29.2 Å². The molecule has 1 unspecified atom stereocenters. The van der Waals surface area contributed by atoms with Crippen LogP contribution in [0.1, 0.15) is 18.4 Å². The summed E-state index contributed by atoms with van der Waals surface area (Å²) in [5, 5.41) is 0. The molecule has 1 N–H and O–H groups in total. The lowest BCUT2D eigenvalue weighted by Crippen LogP contribution is -2.34. The summed E-state index contributed by atoms with van der Waals surface area (Å²) in [6.45, 7) is 2.55. The van der Waals surface area contributed by atoms with Gasteiger partial charge in [-0.25, -0.2) is 8.42 Å². The minimum Gasteiger partial charge on any atom is -0.362 e. The Morgan fingerprint density at radius 1 is 1.31 bits per heavy atom. The first-order valence-corrected chi connectivity index (χ1v) is 6.77. The molecule has 1 saturated heterocycles. The van der Waals surface area contributed by atoms with E-state index in [1.54, 1.807) is 24.3 Å². The van der Waals surface area contributed by atoms with Gasteiger partial charge in [-0.15, -0.1) is 0 Å². The number of sulfonamides is 1. The van der Waals surface area contributed by atoms with Crippen LogP contribution in [0.25, 0.3) is 0 Å². The van der Waals surface area contributed by atoms with Gasteiger partial charge < -0.3 is 4.74 Å². The molecule has 88 valence electrons. The number of hydrogen-bond acceptors (Lipinski definition) is 3. The fourth-order valence-corrected chi connectivity index (χ4v) is 2.79. The summed E-state index contributed by atoms with van der Waals surface area (Å²) in [4.78, 5) is 0.286. The van der Waals surface area contributed by atoms with Gasteiger partial charge in [-0.1, -0.05) is 17.7 Å². The molecule has 4 nitrogen and oxygen atoms in total. The second-order valence-corrected chi connectivity index (χ2v) is 5.65. The van der Waals surface area contributed by atoms with Gasteiger partial charge in [0.05, 0.1) is 4.90 Å². The summed E-state index contributed by atoms with van der Waals surface area (Å²) >= 11 is 0. The van der Waals surface area contributed by atoms with E-state index in [0.29, 0.717) is 6.61 Å². The quantitative estimate of drug-likeness (QED) is 0.870. The fourth-order valence-electron chi connectivity index (χ4n) is 1.63. The minimum absolute atomic E-state index is 0.286. The topological polar surface area (TPSA) is 55.4 Å². The van der Waals surface area contributed by atoms with Crippen molar-refractivity contribution in [1.82, 2.24) is 4.72 Å². The van der Waals surface area contributed by atoms with E-state index in [0.717, 1.165) is 18.4 Å². The number of aryl methyl sites for hydroxylation is 1. The van der Waals surface area contributed by atoms with Gasteiger partial charge in [0, 0.05) is 6.61 Å². The molecular weight excluding hydrogens is 226 g/mol. The van der Waals surface area contributed by atoms with Crippen molar-refractivity contribution in [2.24, 2.45) is 0 Å². The lowest BCUT2D eigenvalue weighted by Gasteiger charge is -2.12. The second kappa shape index (κ2) is 4.53. The first kappa shape index (κ1) is 11.6. The predicted octanol–water partition coefficient (Wildman–Crippen LogP) is 1.41. The fraction of sp³-hybridized carbons (Fsp3) is 0.455. The molecule has 1 fully saturated rings. The summed E-state index contributed by atoms with van der Waals surface area (Å²) in [7, 11) is -3.44. The predicted molar refractivity (Wildman–Crippen MR) is 60.5 cm³/mol. The van der Waals surface area contributed by atoms with Gasteiger partial charge in [-0.05, 0) is 31.9 Å². The number of hydrogen-bond donors (Lipinski definition) is 1. The van der Waals surface area contributed by atoms with Crippen LogP contribution in [0.2, 0.25) is 0 Å². The largest absolute Gasteiger partial charge is 0.362 e. The van der Waals surface area contributed by atoms with Crippen LogP contribution >= 0.6 is 0 Å². The molecule has 0 saturated carbocycles. The van der Waals surface area contributed by atoms with Crippen LogP contribution in [0, 0.1) is 6.92 Å². The lowest BCUT2D eigenvalue weighted by atomic mass is 10.2. The Labute approximate surface area is 95.7 Å². The standard InChI is InChI=1S/C11H15NO3S/c1-9-4-6-10(7-5-9)16(13,14)12-11-3-2-8-15-11/h4-7,11-12H,2-3,8H2,1H3. The monoisotopic (exact) mass is 241 g/mol. The molecule has 2 rings (SSSR count). The van der Waals surface area contributed by atoms with Gasteiger partial charge in [0.15, 0.2) is 0 Å². The van der Waals surface area contributed by atoms with Crippen molar-refractivity contribution in [1.29, 1.82) is 0 Å². The van der Waals surface area contributed by atoms with Crippen molar-refractivity contribution in [3.05, 3.63) is 29.8 Å². The molecule has 0 radical (unpaired) electrons. The van der Waals surface area contributed by atoms with Gasteiger partial charge in [-0.3, -0.25) is 0 Å². The van der Waals surface area contributed by atoms with E-state index in [4.69, 9.17) is 4.74 Å². The van der Waals surface area contributed by atoms with Gasteiger partial charge in [0.25, 0.3) is 0 Å². The highest BCUT2D eigenvalue weighted by Gasteiger charge is 2.23. The molecule has 0 spiro atoms. The highest BCUT2D eigenvalue weighted by molar-refractivity contribution is 7.89. The van der Waals surface area contributed by atoms with E-state index in [1.807, 2.05) is 6.92 Å². The van der Waals surface area contributed by atoms with Crippen LogP contribution in [0.3, 0.4) is 0 Å². The minimum atomic E-state index is -3.44. The number of ether oxygens (including phenoxy) is 1. The van der Waals surface area contributed by atoms with Crippen LogP contribution in [-0.2, 0) is 14.8 Å². The smallest absolute Gasteiger partial charge is 0.242 e. The molecule has 0 bridgehead atoms. The maximum Gasteiger partial charge on any atom is 0.242 e. The molecule has 0 amide bonds. The second-order valence-electron chi connectivity index (χ2n) is 3.94. The highest BCUT2D eigenvalue weighted by Crippen LogP contribution is 2.15. The normalized spacial score (nSPS) is 21.2. The van der Waals surface area contributed by atoms with Crippen LogP contribution in [0.5, 0.6) is 0 Å². The molecule has 1 aliphatic rings. The van der Waals surface area contributed by atoms with E-state index in [1.165, 1.54) is 0 Å². The Morgan fingerprint density at radius 3 is 2.56 bits per heavy atom. The van der Waals surface area contributed by atoms with Gasteiger partial charge in [-0.2, -0.15) is 4.72 Å². The van der Waals surface area contributed by atoms with E-state index in [-0.39, 0.29) is 11.1 Å². The Kier molecular flexibility index (Phi) is 3.28. The summed E-state index contributed by atoms with van der Waals surface area (Å²) in [6, 6.07) is 6.77. The SMILES string of the molecule is Cc1ccc(S(=O)(=O)NC2CCCO2)cc1. The van der Waals surface area contributed by atoms with Gasteiger partial charge >= 0.3 is 0 Å². The maximum absolute atomic E-state index is 11.9. The molecule has 16 heavy (non-hydrogen) atoms. The zero-order valence-electron chi connectivity index (χ0n) is 9.14. The zero-order chi connectivity index (χ0) is 11.6. The first-order valence-electron chi connectivity index (χ1n) is 5.28. The third-order valence-corrected chi connectivity index (χ3v) is 4.01. The van der Waals surface area contributed by atoms with Crippen LogP contribution < -0.4 is 4.72 Å². The maximum atomic E-state index is 11.9. The summed E-state index contributed by atoms with van der Waals surface area (Å²) < 4.78 is 31.6. The molecular formula is C11H15NO3S. The van der Waals surface area contributed by atoms with Crippen molar-refractivity contribution >= 4 is 10.0 Å². The highest BCUT2D eigenvalue weighted by atomic mass is 32.2. The van der Waals surface area contributed by atoms with Crippen molar-refractivity contribution in [2.45, 2.75) is 30.9 Å². The van der Waals surface area contributed by atoms with Gasteiger partial charge in [0.1, 0.15) is 6.23 Å². The molecule has 1 aromatic rings. The number of nitrogens with one attached hydrogen (secondary N) is 1. The number of rotatable bonds is 3. The first-order chi connectivity index (χ1) is 7.58. The van der Waals surface area contributed by atoms with Crippen LogP contribution in [-0.4, -0.2) is 21.3 Å². The van der Waals surface area contributed by atoms with Crippen LogP contribution in [0.4, 0.5) is 0 Å². The van der Waals surface area contributed by atoms with Crippen molar-refractivity contribution in [3.63, 3.8) is 0 Å². The Bertz CT molecular complexity index is 447. The summed E-state index contributed by atoms with van der Waals surface area (Å²) in [5.74, 6) is 0. The summed E-state index contributed by atoms with van der Waals surface area (Å²) in [5.41, 5.74) is 1.04. The van der Waals surface area contributed by atoms with E-state index in [9.17, 15) is 8.42 Å². The third kappa shape index (κ3) is 2.61. The molecule has 1 heterocycles. The molecule has 1 aliphatic heterocycles. The number of benzene rings is 1. The van der Waals surface area contributed by atoms with E-state index >= 15 is 0 Å².